The van der Waals surface area contributed by atoms with Crippen LogP contribution in [-0.2, 0) is 11.3 Å². The van der Waals surface area contributed by atoms with E-state index in [4.69, 9.17) is 4.74 Å². The van der Waals surface area contributed by atoms with Gasteiger partial charge in [-0.25, -0.2) is 4.79 Å². The number of rotatable bonds is 2. The van der Waals surface area contributed by atoms with Crippen molar-refractivity contribution in [2.24, 2.45) is 0 Å². The van der Waals surface area contributed by atoms with Crippen LogP contribution in [0, 0.1) is 0 Å². The fourth-order valence-corrected chi connectivity index (χ4v) is 2.99. The second-order valence-corrected chi connectivity index (χ2v) is 5.98. The summed E-state index contributed by atoms with van der Waals surface area (Å²) in [6, 6.07) is 18.7. The molecule has 1 unspecified atom stereocenters. The molecule has 0 bridgehead atoms. The molecule has 0 N–H and O–H groups in total. The van der Waals surface area contributed by atoms with Crippen molar-refractivity contribution >= 4 is 6.09 Å². The standard InChI is InChI=1S/C19H21NO2/c1-14(2)22-19(21)20-12-16-10-6-7-11-17(16)18(13-20)15-8-4-3-5-9-15/h3-11,14,18H,12-13H2,1-2H3. The van der Waals surface area contributed by atoms with E-state index in [1.807, 2.05) is 38.1 Å². The van der Waals surface area contributed by atoms with Crippen LogP contribution in [0.1, 0.15) is 36.5 Å². The summed E-state index contributed by atoms with van der Waals surface area (Å²) in [7, 11) is 0. The maximum absolute atomic E-state index is 12.3. The van der Waals surface area contributed by atoms with Gasteiger partial charge in [-0.3, -0.25) is 0 Å². The lowest BCUT2D eigenvalue weighted by molar-refractivity contribution is 0.0713. The summed E-state index contributed by atoms with van der Waals surface area (Å²) in [5.74, 6) is 0.200. The largest absolute Gasteiger partial charge is 0.447 e. The van der Waals surface area contributed by atoms with Gasteiger partial charge in [-0.15, -0.1) is 0 Å². The Morgan fingerprint density at radius 1 is 1.09 bits per heavy atom. The molecular formula is C19H21NO2. The van der Waals surface area contributed by atoms with Gasteiger partial charge in [0.15, 0.2) is 0 Å². The Balaban J connectivity index is 1.93. The van der Waals surface area contributed by atoms with Crippen LogP contribution in [0.25, 0.3) is 0 Å². The number of fused-ring (bicyclic) bond motifs is 1. The Morgan fingerprint density at radius 2 is 1.77 bits per heavy atom. The zero-order chi connectivity index (χ0) is 15.5. The second-order valence-electron chi connectivity index (χ2n) is 5.98. The molecule has 1 atom stereocenters. The van der Waals surface area contributed by atoms with Gasteiger partial charge >= 0.3 is 6.09 Å². The fourth-order valence-electron chi connectivity index (χ4n) is 2.99. The Bertz CT molecular complexity index is 651. The Kier molecular flexibility index (Phi) is 4.14. The van der Waals surface area contributed by atoms with E-state index in [9.17, 15) is 4.79 Å². The first kappa shape index (κ1) is 14.6. The number of nitrogens with zero attached hydrogens (tertiary/aromatic N) is 1. The minimum absolute atomic E-state index is 0.0974. The number of ether oxygens (including phenoxy) is 1. The van der Waals surface area contributed by atoms with Gasteiger partial charge in [0, 0.05) is 19.0 Å². The van der Waals surface area contributed by atoms with Gasteiger partial charge in [0.1, 0.15) is 0 Å². The van der Waals surface area contributed by atoms with Crippen LogP contribution in [0.2, 0.25) is 0 Å². The summed E-state index contributed by atoms with van der Waals surface area (Å²) in [5, 5.41) is 0. The Labute approximate surface area is 131 Å². The van der Waals surface area contributed by atoms with Crippen molar-refractivity contribution in [2.45, 2.75) is 32.4 Å². The molecule has 0 saturated heterocycles. The van der Waals surface area contributed by atoms with E-state index in [0.29, 0.717) is 13.1 Å². The van der Waals surface area contributed by atoms with Crippen LogP contribution in [-0.4, -0.2) is 23.6 Å². The molecular weight excluding hydrogens is 274 g/mol. The van der Waals surface area contributed by atoms with Crippen LogP contribution < -0.4 is 0 Å². The number of amides is 1. The Hall–Kier alpha value is -2.29. The van der Waals surface area contributed by atoms with E-state index >= 15 is 0 Å². The quantitative estimate of drug-likeness (QED) is 0.832. The average Bonchev–Trinajstić information content (AvgIpc) is 2.54. The third-order valence-corrected chi connectivity index (χ3v) is 3.99. The van der Waals surface area contributed by atoms with Gasteiger partial charge in [0.2, 0.25) is 0 Å². The highest BCUT2D eigenvalue weighted by atomic mass is 16.6. The van der Waals surface area contributed by atoms with Crippen molar-refractivity contribution in [3.05, 3.63) is 71.3 Å². The summed E-state index contributed by atoms with van der Waals surface area (Å²) in [6.45, 7) is 5.03. The van der Waals surface area contributed by atoms with Gasteiger partial charge in [-0.05, 0) is 30.5 Å². The maximum Gasteiger partial charge on any atom is 0.410 e. The van der Waals surface area contributed by atoms with E-state index in [0.717, 1.165) is 0 Å². The zero-order valence-corrected chi connectivity index (χ0v) is 13.0. The molecule has 0 saturated carbocycles. The summed E-state index contributed by atoms with van der Waals surface area (Å²) < 4.78 is 5.38. The summed E-state index contributed by atoms with van der Waals surface area (Å²) in [6.07, 6.45) is -0.328. The molecule has 114 valence electrons. The molecule has 1 aliphatic heterocycles. The van der Waals surface area contributed by atoms with Gasteiger partial charge in [0.05, 0.1) is 6.10 Å². The Morgan fingerprint density at radius 3 is 2.50 bits per heavy atom. The van der Waals surface area contributed by atoms with Gasteiger partial charge in [0.25, 0.3) is 0 Å². The van der Waals surface area contributed by atoms with Crippen LogP contribution in [0.3, 0.4) is 0 Å². The number of hydrogen-bond donors (Lipinski definition) is 0. The molecule has 0 spiro atoms. The van der Waals surface area contributed by atoms with Crippen LogP contribution in [0.5, 0.6) is 0 Å². The monoisotopic (exact) mass is 295 g/mol. The molecule has 2 aromatic rings. The van der Waals surface area contributed by atoms with E-state index in [-0.39, 0.29) is 18.1 Å². The first-order valence-corrected chi connectivity index (χ1v) is 7.73. The van der Waals surface area contributed by atoms with Crippen LogP contribution in [0.15, 0.2) is 54.6 Å². The average molecular weight is 295 g/mol. The molecule has 0 fully saturated rings. The summed E-state index contributed by atoms with van der Waals surface area (Å²) in [4.78, 5) is 14.1. The summed E-state index contributed by atoms with van der Waals surface area (Å²) in [5.41, 5.74) is 3.74. The van der Waals surface area contributed by atoms with E-state index < -0.39 is 0 Å². The number of benzene rings is 2. The normalized spacial score (nSPS) is 17.2. The lowest BCUT2D eigenvalue weighted by Crippen LogP contribution is -2.39. The first-order chi connectivity index (χ1) is 10.6. The SMILES string of the molecule is CC(C)OC(=O)N1Cc2ccccc2C(c2ccccc2)C1. The molecule has 0 radical (unpaired) electrons. The first-order valence-electron chi connectivity index (χ1n) is 7.73. The number of carbonyl (C=O) groups excluding carboxylic acids is 1. The molecule has 22 heavy (non-hydrogen) atoms. The van der Waals surface area contributed by atoms with Crippen molar-refractivity contribution < 1.29 is 9.53 Å². The number of hydrogen-bond acceptors (Lipinski definition) is 2. The van der Waals surface area contributed by atoms with E-state index in [2.05, 4.69) is 30.3 Å². The lowest BCUT2D eigenvalue weighted by atomic mass is 9.85. The van der Waals surface area contributed by atoms with Gasteiger partial charge < -0.3 is 9.64 Å². The smallest absolute Gasteiger partial charge is 0.410 e. The van der Waals surface area contributed by atoms with Crippen LogP contribution >= 0.6 is 0 Å². The minimum atomic E-state index is -0.231. The van der Waals surface area contributed by atoms with Crippen LogP contribution in [0.4, 0.5) is 4.79 Å². The van der Waals surface area contributed by atoms with Gasteiger partial charge in [-0.1, -0.05) is 54.6 Å². The minimum Gasteiger partial charge on any atom is -0.447 e. The lowest BCUT2D eigenvalue weighted by Gasteiger charge is -2.34. The highest BCUT2D eigenvalue weighted by Crippen LogP contribution is 2.33. The predicted molar refractivity (Wildman–Crippen MR) is 86.8 cm³/mol. The molecule has 3 nitrogen and oxygen atoms in total. The molecule has 0 aliphatic carbocycles. The van der Waals surface area contributed by atoms with E-state index in [1.165, 1.54) is 16.7 Å². The van der Waals surface area contributed by atoms with Crippen molar-refractivity contribution in [3.8, 4) is 0 Å². The molecule has 1 aliphatic rings. The highest BCUT2D eigenvalue weighted by Gasteiger charge is 2.29. The van der Waals surface area contributed by atoms with Gasteiger partial charge in [-0.2, -0.15) is 0 Å². The van der Waals surface area contributed by atoms with Crippen molar-refractivity contribution in [1.29, 1.82) is 0 Å². The van der Waals surface area contributed by atoms with Crippen molar-refractivity contribution in [3.63, 3.8) is 0 Å². The predicted octanol–water partition coefficient (Wildman–Crippen LogP) is 4.18. The molecule has 0 aromatic heterocycles. The van der Waals surface area contributed by atoms with Crippen molar-refractivity contribution in [2.75, 3.05) is 6.54 Å². The fraction of sp³-hybridized carbons (Fsp3) is 0.316. The summed E-state index contributed by atoms with van der Waals surface area (Å²) >= 11 is 0. The second kappa shape index (κ2) is 6.22. The maximum atomic E-state index is 12.3. The molecule has 3 heteroatoms. The molecule has 1 amide bonds. The molecule has 1 heterocycles. The zero-order valence-electron chi connectivity index (χ0n) is 13.0. The van der Waals surface area contributed by atoms with Crippen molar-refractivity contribution in [1.82, 2.24) is 4.90 Å². The highest BCUT2D eigenvalue weighted by molar-refractivity contribution is 5.69. The third-order valence-electron chi connectivity index (χ3n) is 3.99. The number of carbonyl (C=O) groups is 1. The third kappa shape index (κ3) is 2.98. The van der Waals surface area contributed by atoms with E-state index in [1.54, 1.807) is 4.90 Å². The molecule has 2 aromatic carbocycles. The topological polar surface area (TPSA) is 29.5 Å². The molecule has 3 rings (SSSR count).